The van der Waals surface area contributed by atoms with E-state index < -0.39 is 0 Å². The molecule has 1 aliphatic heterocycles. The molecule has 0 fully saturated rings. The van der Waals surface area contributed by atoms with Crippen molar-refractivity contribution in [3.63, 3.8) is 0 Å². The molecule has 0 unspecified atom stereocenters. The highest BCUT2D eigenvalue weighted by Gasteiger charge is 2.24. The molecular formula is C16H13Br2N2O-. The number of carbonyl (C=O) groups is 1. The van der Waals surface area contributed by atoms with Crippen LogP contribution in [0.1, 0.15) is 21.5 Å². The average molecular weight is 409 g/mol. The Hall–Kier alpha value is -1.46. The zero-order valence-corrected chi connectivity index (χ0v) is 14.3. The van der Waals surface area contributed by atoms with Gasteiger partial charge in [-0.1, -0.05) is 40.2 Å². The molecule has 2 aromatic carbocycles. The van der Waals surface area contributed by atoms with Crippen LogP contribution < -0.4 is 17.0 Å². The third-order valence-electron chi connectivity index (χ3n) is 3.43. The van der Waals surface area contributed by atoms with Gasteiger partial charge in [0.2, 0.25) is 0 Å². The van der Waals surface area contributed by atoms with E-state index in [1.54, 1.807) is 17.0 Å². The number of benzene rings is 2. The second-order valence-corrected chi connectivity index (χ2v) is 5.72. The minimum absolute atomic E-state index is 0. The summed E-state index contributed by atoms with van der Waals surface area (Å²) < 4.78 is 0.950. The summed E-state index contributed by atoms with van der Waals surface area (Å²) in [4.78, 5) is 14.2. The summed E-state index contributed by atoms with van der Waals surface area (Å²) >= 11 is 3.36. The van der Waals surface area contributed by atoms with Crippen LogP contribution in [0.15, 0.2) is 53.0 Å². The molecule has 0 spiro atoms. The molecule has 0 aliphatic carbocycles. The van der Waals surface area contributed by atoms with Crippen LogP contribution in [0.4, 0.5) is 0 Å². The number of fused-ring (bicyclic) bond motifs is 1. The van der Waals surface area contributed by atoms with Gasteiger partial charge < -0.3 is 27.3 Å². The zero-order chi connectivity index (χ0) is 14.1. The van der Waals surface area contributed by atoms with E-state index in [0.29, 0.717) is 24.4 Å². The van der Waals surface area contributed by atoms with Crippen LogP contribution in [-0.2, 0) is 6.54 Å². The summed E-state index contributed by atoms with van der Waals surface area (Å²) in [7, 11) is 0. The summed E-state index contributed by atoms with van der Waals surface area (Å²) in [6.07, 6.45) is 0. The number of hydrogen-bond donors (Lipinski definition) is 1. The lowest BCUT2D eigenvalue weighted by Gasteiger charge is -2.29. The largest absolute Gasteiger partial charge is 1.00 e. The molecule has 0 atom stereocenters. The average Bonchev–Trinajstić information content (AvgIpc) is 2.47. The lowest BCUT2D eigenvalue weighted by molar-refractivity contribution is -0.0000132. The van der Waals surface area contributed by atoms with E-state index in [1.165, 1.54) is 0 Å². The molecule has 5 heteroatoms. The Morgan fingerprint density at radius 3 is 2.43 bits per heavy atom. The van der Waals surface area contributed by atoms with Gasteiger partial charge in [0.15, 0.2) is 0 Å². The fourth-order valence-electron chi connectivity index (χ4n) is 2.41. The molecule has 0 radical (unpaired) electrons. The summed E-state index contributed by atoms with van der Waals surface area (Å²) in [6.45, 7) is 0.930. The van der Waals surface area contributed by atoms with E-state index in [1.807, 2.05) is 36.4 Å². The first-order valence-electron chi connectivity index (χ1n) is 6.35. The van der Waals surface area contributed by atoms with Gasteiger partial charge in [0.25, 0.3) is 5.91 Å². The lowest BCUT2D eigenvalue weighted by Crippen LogP contribution is -3.00. The molecule has 3 nitrogen and oxygen atoms in total. The van der Waals surface area contributed by atoms with Crippen molar-refractivity contribution in [1.29, 1.82) is 5.41 Å². The molecule has 0 aromatic heterocycles. The Balaban J connectivity index is 0.00000161. The minimum Gasteiger partial charge on any atom is -1.00 e. The molecule has 1 N–H and O–H groups in total. The lowest BCUT2D eigenvalue weighted by atomic mass is 9.97. The van der Waals surface area contributed by atoms with E-state index in [0.717, 1.165) is 15.6 Å². The number of amides is 1. The van der Waals surface area contributed by atoms with Crippen molar-refractivity contribution in [1.82, 2.24) is 4.90 Å². The van der Waals surface area contributed by atoms with Crippen LogP contribution in [0, 0.1) is 5.41 Å². The maximum atomic E-state index is 12.5. The predicted molar refractivity (Wildman–Crippen MR) is 82.2 cm³/mol. The highest BCUT2D eigenvalue weighted by molar-refractivity contribution is 9.10. The number of rotatable bonds is 1. The van der Waals surface area contributed by atoms with Gasteiger partial charge in [0.05, 0.1) is 12.3 Å². The summed E-state index contributed by atoms with van der Waals surface area (Å²) in [5.41, 5.74) is 3.14. The molecule has 2 aromatic rings. The Labute approximate surface area is 142 Å². The number of carbonyl (C=O) groups excluding carboxylic acids is 1. The molecule has 1 amide bonds. The van der Waals surface area contributed by atoms with Crippen molar-refractivity contribution in [2.24, 2.45) is 0 Å². The third kappa shape index (κ3) is 3.24. The molecule has 108 valence electrons. The topological polar surface area (TPSA) is 44.2 Å². The SMILES string of the molecule is N=C1CN(C(=O)c2ccc(Br)cc2)Cc2ccccc21.[Br-]. The van der Waals surface area contributed by atoms with Crippen LogP contribution in [0.25, 0.3) is 0 Å². The van der Waals surface area contributed by atoms with Crippen LogP contribution in [0.3, 0.4) is 0 Å². The van der Waals surface area contributed by atoms with Crippen molar-refractivity contribution in [3.05, 3.63) is 69.7 Å². The van der Waals surface area contributed by atoms with Gasteiger partial charge in [0, 0.05) is 22.1 Å². The van der Waals surface area contributed by atoms with Crippen LogP contribution in [0.2, 0.25) is 0 Å². The van der Waals surface area contributed by atoms with Gasteiger partial charge in [-0.25, -0.2) is 0 Å². The Morgan fingerprint density at radius 1 is 1.05 bits per heavy atom. The molecule has 1 heterocycles. The van der Waals surface area contributed by atoms with Crippen LogP contribution >= 0.6 is 15.9 Å². The Bertz CT molecular complexity index is 683. The van der Waals surface area contributed by atoms with Gasteiger partial charge in [0.1, 0.15) is 0 Å². The van der Waals surface area contributed by atoms with E-state index in [4.69, 9.17) is 5.41 Å². The molecule has 3 rings (SSSR count). The van der Waals surface area contributed by atoms with Gasteiger partial charge >= 0.3 is 0 Å². The number of hydrogen-bond acceptors (Lipinski definition) is 2. The Kier molecular flexibility index (Phi) is 4.96. The van der Waals surface area contributed by atoms with Gasteiger partial charge in [-0.15, -0.1) is 0 Å². The summed E-state index contributed by atoms with van der Waals surface area (Å²) in [5.74, 6) is -0.0308. The fraction of sp³-hybridized carbons (Fsp3) is 0.125. The smallest absolute Gasteiger partial charge is 0.254 e. The first kappa shape index (κ1) is 15.9. The molecule has 0 saturated heterocycles. The first-order chi connectivity index (χ1) is 9.65. The van der Waals surface area contributed by atoms with Crippen molar-refractivity contribution >= 4 is 27.5 Å². The molecule has 0 bridgehead atoms. The first-order valence-corrected chi connectivity index (χ1v) is 7.15. The predicted octanol–water partition coefficient (Wildman–Crippen LogP) is 0.477. The number of halogens is 2. The third-order valence-corrected chi connectivity index (χ3v) is 3.96. The van der Waals surface area contributed by atoms with Crippen molar-refractivity contribution in [3.8, 4) is 0 Å². The van der Waals surface area contributed by atoms with E-state index >= 15 is 0 Å². The number of nitrogens with zero attached hydrogens (tertiary/aromatic N) is 1. The maximum Gasteiger partial charge on any atom is 0.254 e. The molecule has 1 aliphatic rings. The van der Waals surface area contributed by atoms with Gasteiger partial charge in [-0.05, 0) is 29.8 Å². The second-order valence-electron chi connectivity index (χ2n) is 4.80. The van der Waals surface area contributed by atoms with Crippen LogP contribution in [0.5, 0.6) is 0 Å². The zero-order valence-electron chi connectivity index (χ0n) is 11.1. The molecule has 0 saturated carbocycles. The second kappa shape index (κ2) is 6.54. The highest BCUT2D eigenvalue weighted by Crippen LogP contribution is 2.21. The van der Waals surface area contributed by atoms with Crippen LogP contribution in [-0.4, -0.2) is 23.1 Å². The van der Waals surface area contributed by atoms with Crippen molar-refractivity contribution in [2.45, 2.75) is 6.54 Å². The molecule has 21 heavy (non-hydrogen) atoms. The van der Waals surface area contributed by atoms with E-state index in [9.17, 15) is 4.79 Å². The van der Waals surface area contributed by atoms with E-state index in [2.05, 4.69) is 15.9 Å². The molecular weight excluding hydrogens is 396 g/mol. The maximum absolute atomic E-state index is 12.5. The standard InChI is InChI=1S/C16H13BrN2O.BrH/c17-13-7-5-11(6-8-13)16(20)19-9-12-3-1-2-4-14(12)15(18)10-19;/h1-8,18H,9-10H2;1H/p-1. The summed E-state index contributed by atoms with van der Waals surface area (Å²) in [6, 6.07) is 15.1. The monoisotopic (exact) mass is 407 g/mol. The normalized spacial score (nSPS) is 13.4. The summed E-state index contributed by atoms with van der Waals surface area (Å²) in [5, 5.41) is 8.09. The van der Waals surface area contributed by atoms with Crippen molar-refractivity contribution < 1.29 is 21.8 Å². The number of nitrogens with one attached hydrogen (secondary N) is 1. The Morgan fingerprint density at radius 2 is 1.71 bits per heavy atom. The van der Waals surface area contributed by atoms with Crippen molar-refractivity contribution in [2.75, 3.05) is 6.54 Å². The fourth-order valence-corrected chi connectivity index (χ4v) is 2.67. The van der Waals surface area contributed by atoms with Gasteiger partial charge in [-0.3, -0.25) is 4.79 Å². The van der Waals surface area contributed by atoms with E-state index in [-0.39, 0.29) is 22.9 Å². The quantitative estimate of drug-likeness (QED) is 0.732. The highest BCUT2D eigenvalue weighted by atomic mass is 79.9. The van der Waals surface area contributed by atoms with Gasteiger partial charge in [-0.2, -0.15) is 0 Å². The minimum atomic E-state index is -0.0308.